The van der Waals surface area contributed by atoms with Gasteiger partial charge in [-0.05, 0) is 24.3 Å². The largest absolute Gasteiger partial charge is 0.497 e. The van der Waals surface area contributed by atoms with Gasteiger partial charge in [-0.2, -0.15) is 13.2 Å². The van der Waals surface area contributed by atoms with Crippen LogP contribution in [0.2, 0.25) is 0 Å². The maximum atomic E-state index is 13.1. The quantitative estimate of drug-likeness (QED) is 0.308. The molecule has 0 saturated carbocycles. The Kier molecular flexibility index (Phi) is 8.45. The Morgan fingerprint density at radius 3 is 2.31 bits per heavy atom. The minimum absolute atomic E-state index is 0.0586. The van der Waals surface area contributed by atoms with Gasteiger partial charge in [-0.3, -0.25) is 9.59 Å². The molecule has 0 aliphatic heterocycles. The number of benzene rings is 3. The van der Waals surface area contributed by atoms with Crippen LogP contribution >= 0.6 is 0 Å². The highest BCUT2D eigenvalue weighted by Crippen LogP contribution is 2.25. The summed E-state index contributed by atoms with van der Waals surface area (Å²) in [6.45, 7) is 0. The van der Waals surface area contributed by atoms with Gasteiger partial charge in [0.2, 0.25) is 6.10 Å². The number of anilines is 2. The molecular formula is C26H21F3N2O5. The van der Waals surface area contributed by atoms with Crippen molar-refractivity contribution >= 4 is 29.0 Å². The van der Waals surface area contributed by atoms with Crippen LogP contribution in [-0.4, -0.2) is 30.9 Å². The van der Waals surface area contributed by atoms with Crippen LogP contribution < -0.4 is 15.4 Å². The molecule has 3 aromatic rings. The van der Waals surface area contributed by atoms with Gasteiger partial charge in [-0.25, -0.2) is 4.79 Å². The molecule has 36 heavy (non-hydrogen) atoms. The lowest BCUT2D eigenvalue weighted by atomic mass is 10.1. The highest BCUT2D eigenvalue weighted by atomic mass is 19.4. The normalized spacial score (nSPS) is 12.0. The number of allylic oxidation sites excluding steroid dienone is 1. The van der Waals surface area contributed by atoms with Crippen molar-refractivity contribution in [1.82, 2.24) is 0 Å². The van der Waals surface area contributed by atoms with Gasteiger partial charge in [0.25, 0.3) is 11.7 Å². The van der Waals surface area contributed by atoms with E-state index in [-0.39, 0.29) is 11.3 Å². The lowest BCUT2D eigenvalue weighted by Gasteiger charge is -2.19. The van der Waals surface area contributed by atoms with Gasteiger partial charge in [0.1, 0.15) is 5.75 Å². The Hall–Kier alpha value is -4.60. The van der Waals surface area contributed by atoms with E-state index in [0.717, 1.165) is 6.20 Å². The molecule has 1 unspecified atom stereocenters. The van der Waals surface area contributed by atoms with Crippen molar-refractivity contribution in [2.45, 2.75) is 12.3 Å². The van der Waals surface area contributed by atoms with Crippen molar-refractivity contribution in [3.05, 3.63) is 102 Å². The summed E-state index contributed by atoms with van der Waals surface area (Å²) >= 11 is 0. The Bertz CT molecular complexity index is 1260. The van der Waals surface area contributed by atoms with Crippen molar-refractivity contribution in [2.24, 2.45) is 0 Å². The average Bonchev–Trinajstić information content (AvgIpc) is 2.87. The van der Waals surface area contributed by atoms with Crippen LogP contribution in [0.4, 0.5) is 24.5 Å². The molecule has 1 amide bonds. The Morgan fingerprint density at radius 1 is 0.917 bits per heavy atom. The molecule has 3 rings (SSSR count). The van der Waals surface area contributed by atoms with Gasteiger partial charge in [0.05, 0.1) is 18.4 Å². The molecule has 0 aliphatic carbocycles. The number of hydrogen-bond acceptors (Lipinski definition) is 6. The van der Waals surface area contributed by atoms with Crippen LogP contribution in [0, 0.1) is 0 Å². The van der Waals surface area contributed by atoms with E-state index in [1.165, 1.54) is 31.4 Å². The highest BCUT2D eigenvalue weighted by Gasteiger charge is 2.36. The Morgan fingerprint density at radius 2 is 1.61 bits per heavy atom. The summed E-state index contributed by atoms with van der Waals surface area (Å²) in [5, 5.41) is 5.16. The summed E-state index contributed by atoms with van der Waals surface area (Å²) in [6, 6.07) is 20.7. The smallest absolute Gasteiger partial charge is 0.454 e. The number of methoxy groups -OCH3 is 1. The maximum Gasteiger partial charge on any atom is 0.454 e. The lowest BCUT2D eigenvalue weighted by Crippen LogP contribution is -2.26. The van der Waals surface area contributed by atoms with Gasteiger partial charge in [-0.1, -0.05) is 48.5 Å². The molecule has 0 aliphatic rings. The number of hydrogen-bond donors (Lipinski definition) is 2. The van der Waals surface area contributed by atoms with Crippen molar-refractivity contribution in [3.63, 3.8) is 0 Å². The van der Waals surface area contributed by atoms with E-state index in [1.807, 2.05) is 0 Å². The van der Waals surface area contributed by atoms with E-state index in [4.69, 9.17) is 9.47 Å². The second-order valence-electron chi connectivity index (χ2n) is 7.30. The molecule has 2 N–H and O–H groups in total. The first-order valence-corrected chi connectivity index (χ1v) is 10.5. The molecule has 0 saturated heterocycles. The molecule has 0 spiro atoms. The van der Waals surface area contributed by atoms with Crippen LogP contribution in [0.3, 0.4) is 0 Å². The minimum atomic E-state index is -5.02. The SMILES string of the molecule is COc1cccc(NC(=O)C(OC(=O)c2ccccc2N/C=C/C(=O)C(F)(F)F)c2ccccc2)c1. The Labute approximate surface area is 204 Å². The lowest BCUT2D eigenvalue weighted by molar-refractivity contribution is -0.165. The van der Waals surface area contributed by atoms with E-state index < -0.39 is 29.9 Å². The van der Waals surface area contributed by atoms with Crippen LogP contribution in [-0.2, 0) is 14.3 Å². The van der Waals surface area contributed by atoms with E-state index in [1.54, 1.807) is 54.6 Å². The first-order chi connectivity index (χ1) is 17.2. The van der Waals surface area contributed by atoms with Gasteiger partial charge >= 0.3 is 12.1 Å². The van der Waals surface area contributed by atoms with Crippen molar-refractivity contribution in [1.29, 1.82) is 0 Å². The summed E-state index contributed by atoms with van der Waals surface area (Å²) in [6.07, 6.45) is -5.29. The zero-order valence-electron chi connectivity index (χ0n) is 18.9. The monoisotopic (exact) mass is 498 g/mol. The molecule has 1 atom stereocenters. The molecule has 0 fully saturated rings. The van der Waals surface area contributed by atoms with Crippen LogP contribution in [0.1, 0.15) is 22.0 Å². The summed E-state index contributed by atoms with van der Waals surface area (Å²) < 4.78 is 47.9. The number of nitrogens with one attached hydrogen (secondary N) is 2. The van der Waals surface area contributed by atoms with Crippen LogP contribution in [0.25, 0.3) is 0 Å². The number of rotatable bonds is 9. The first-order valence-electron chi connectivity index (χ1n) is 10.5. The van der Waals surface area contributed by atoms with Gasteiger partial charge in [0, 0.05) is 29.6 Å². The third-order valence-electron chi connectivity index (χ3n) is 4.80. The van der Waals surface area contributed by atoms with E-state index >= 15 is 0 Å². The minimum Gasteiger partial charge on any atom is -0.497 e. The zero-order valence-corrected chi connectivity index (χ0v) is 18.9. The molecule has 0 aromatic heterocycles. The number of alkyl halides is 3. The van der Waals surface area contributed by atoms with Gasteiger partial charge in [0.15, 0.2) is 0 Å². The first kappa shape index (κ1) is 26.0. The van der Waals surface area contributed by atoms with Crippen molar-refractivity contribution in [2.75, 3.05) is 17.7 Å². The van der Waals surface area contributed by atoms with Gasteiger partial charge < -0.3 is 20.1 Å². The molecule has 0 radical (unpaired) electrons. The number of ketones is 1. The maximum absolute atomic E-state index is 13.1. The van der Waals surface area contributed by atoms with E-state index in [9.17, 15) is 27.6 Å². The summed E-state index contributed by atoms with van der Waals surface area (Å²) in [5.41, 5.74) is 0.829. The fraction of sp³-hybridized carbons (Fsp3) is 0.115. The third kappa shape index (κ3) is 6.95. The third-order valence-corrected chi connectivity index (χ3v) is 4.80. The van der Waals surface area contributed by atoms with Crippen molar-refractivity contribution < 1.29 is 37.0 Å². The molecule has 7 nitrogen and oxygen atoms in total. The second kappa shape index (κ2) is 11.7. The number of ether oxygens (including phenoxy) is 2. The predicted octanol–water partition coefficient (Wildman–Crippen LogP) is 5.29. The standard InChI is InChI=1S/C26H21F3N2O5/c1-35-19-11-7-10-18(16-19)31-24(33)23(17-8-3-2-4-9-17)36-25(34)20-12-5-6-13-21(20)30-15-14-22(32)26(27,28)29/h2-16,23,30H,1H3,(H,31,33)/b15-14+. The van der Waals surface area contributed by atoms with Crippen LogP contribution in [0.15, 0.2) is 91.1 Å². The second-order valence-corrected chi connectivity index (χ2v) is 7.30. The number of halogens is 3. The number of esters is 1. The molecule has 3 aromatic carbocycles. The number of carbonyl (C=O) groups excluding carboxylic acids is 3. The average molecular weight is 498 g/mol. The summed E-state index contributed by atoms with van der Waals surface area (Å²) in [5.74, 6) is -3.10. The molecule has 0 bridgehead atoms. The molecule has 186 valence electrons. The highest BCUT2D eigenvalue weighted by molar-refractivity contribution is 6.00. The molecule has 0 heterocycles. The topological polar surface area (TPSA) is 93.7 Å². The molecular weight excluding hydrogens is 477 g/mol. The summed E-state index contributed by atoms with van der Waals surface area (Å²) in [7, 11) is 1.48. The number of para-hydroxylation sites is 1. The Balaban J connectivity index is 1.82. The number of carbonyl (C=O) groups is 3. The number of amides is 1. The fourth-order valence-corrected chi connectivity index (χ4v) is 3.07. The fourth-order valence-electron chi connectivity index (χ4n) is 3.07. The van der Waals surface area contributed by atoms with Crippen molar-refractivity contribution in [3.8, 4) is 5.75 Å². The van der Waals surface area contributed by atoms with Crippen LogP contribution in [0.5, 0.6) is 5.75 Å². The van der Waals surface area contributed by atoms with Gasteiger partial charge in [-0.15, -0.1) is 0 Å². The van der Waals surface area contributed by atoms with E-state index in [2.05, 4.69) is 10.6 Å². The predicted molar refractivity (Wildman–Crippen MR) is 126 cm³/mol. The summed E-state index contributed by atoms with van der Waals surface area (Å²) in [4.78, 5) is 37.2. The van der Waals surface area contributed by atoms with E-state index in [0.29, 0.717) is 23.1 Å². The molecule has 10 heteroatoms. The zero-order chi connectivity index (χ0) is 26.1.